The van der Waals surface area contributed by atoms with Crippen LogP contribution in [0.1, 0.15) is 5.56 Å². The number of hydrogen-bond donors (Lipinski definition) is 1. The number of hydrazone groups is 1. The molecular weight excluding hydrogens is 244 g/mol. The molecule has 0 saturated carbocycles. The molecule has 3 heteroatoms. The Morgan fingerprint density at radius 2 is 1.83 bits per heavy atom. The largest absolute Gasteiger partial charge is 0.278 e. The van der Waals surface area contributed by atoms with Gasteiger partial charge in [0.2, 0.25) is 0 Å². The summed E-state index contributed by atoms with van der Waals surface area (Å²) >= 11 is 5.86. The van der Waals surface area contributed by atoms with Gasteiger partial charge in [0, 0.05) is 11.2 Å². The van der Waals surface area contributed by atoms with Crippen LogP contribution in [0.25, 0.3) is 6.08 Å². The zero-order valence-corrected chi connectivity index (χ0v) is 10.5. The molecule has 0 unspecified atom stereocenters. The Morgan fingerprint density at radius 3 is 2.61 bits per heavy atom. The number of benzene rings is 2. The van der Waals surface area contributed by atoms with Gasteiger partial charge in [-0.05, 0) is 29.8 Å². The fourth-order valence-electron chi connectivity index (χ4n) is 1.43. The quantitative estimate of drug-likeness (QED) is 0.634. The van der Waals surface area contributed by atoms with Crippen LogP contribution in [0.5, 0.6) is 0 Å². The molecule has 2 aromatic carbocycles. The Balaban J connectivity index is 1.87. The summed E-state index contributed by atoms with van der Waals surface area (Å²) < 4.78 is 0. The highest BCUT2D eigenvalue weighted by Crippen LogP contribution is 2.14. The van der Waals surface area contributed by atoms with Crippen molar-refractivity contribution < 1.29 is 0 Å². The molecule has 0 saturated heterocycles. The normalized spacial score (nSPS) is 11.2. The van der Waals surface area contributed by atoms with Gasteiger partial charge in [-0.2, -0.15) is 5.10 Å². The van der Waals surface area contributed by atoms with Gasteiger partial charge in [-0.25, -0.2) is 0 Å². The lowest BCUT2D eigenvalue weighted by Gasteiger charge is -1.98. The highest BCUT2D eigenvalue weighted by atomic mass is 35.5. The summed E-state index contributed by atoms with van der Waals surface area (Å²) in [5, 5.41) is 4.77. The molecule has 0 heterocycles. The van der Waals surface area contributed by atoms with Gasteiger partial charge in [0.05, 0.1) is 5.69 Å². The van der Waals surface area contributed by atoms with Crippen molar-refractivity contribution in [1.29, 1.82) is 0 Å². The maximum Gasteiger partial charge on any atom is 0.0576 e. The number of nitrogens with zero attached hydrogens (tertiary/aromatic N) is 1. The molecular formula is C15H13ClN2. The van der Waals surface area contributed by atoms with Gasteiger partial charge in [0.15, 0.2) is 0 Å². The van der Waals surface area contributed by atoms with Crippen LogP contribution in [0.3, 0.4) is 0 Å². The highest BCUT2D eigenvalue weighted by Gasteiger charge is 1.89. The third-order valence-electron chi connectivity index (χ3n) is 2.27. The molecule has 0 aliphatic carbocycles. The Bertz CT molecular complexity index is 547. The second-order valence-electron chi connectivity index (χ2n) is 3.67. The zero-order valence-electron chi connectivity index (χ0n) is 9.75. The predicted molar refractivity (Wildman–Crippen MR) is 79.0 cm³/mol. The minimum Gasteiger partial charge on any atom is -0.278 e. The van der Waals surface area contributed by atoms with Crippen molar-refractivity contribution in [3.05, 3.63) is 71.3 Å². The summed E-state index contributed by atoms with van der Waals surface area (Å²) in [5.41, 5.74) is 4.92. The lowest BCUT2D eigenvalue weighted by molar-refractivity contribution is 1.36. The summed E-state index contributed by atoms with van der Waals surface area (Å²) in [6.07, 6.45) is 5.57. The average Bonchev–Trinajstić information content (AvgIpc) is 2.40. The Morgan fingerprint density at radius 1 is 1.00 bits per heavy atom. The van der Waals surface area contributed by atoms with Crippen LogP contribution in [-0.2, 0) is 0 Å². The molecule has 0 spiro atoms. The Kier molecular flexibility index (Phi) is 4.56. The van der Waals surface area contributed by atoms with Gasteiger partial charge in [-0.15, -0.1) is 0 Å². The van der Waals surface area contributed by atoms with E-state index in [9.17, 15) is 0 Å². The van der Waals surface area contributed by atoms with E-state index in [-0.39, 0.29) is 0 Å². The van der Waals surface area contributed by atoms with Crippen molar-refractivity contribution >= 4 is 29.6 Å². The number of hydrogen-bond acceptors (Lipinski definition) is 2. The molecule has 0 bridgehead atoms. The van der Waals surface area contributed by atoms with Crippen LogP contribution in [0.2, 0.25) is 5.02 Å². The number of halogens is 1. The van der Waals surface area contributed by atoms with Crippen LogP contribution < -0.4 is 5.43 Å². The van der Waals surface area contributed by atoms with Crippen LogP contribution >= 0.6 is 11.6 Å². The molecule has 0 aromatic heterocycles. The maximum absolute atomic E-state index is 5.86. The van der Waals surface area contributed by atoms with Crippen LogP contribution in [-0.4, -0.2) is 6.21 Å². The van der Waals surface area contributed by atoms with Crippen LogP contribution in [0, 0.1) is 0 Å². The first-order valence-corrected chi connectivity index (χ1v) is 5.99. The molecule has 2 aromatic rings. The van der Waals surface area contributed by atoms with Gasteiger partial charge < -0.3 is 0 Å². The van der Waals surface area contributed by atoms with E-state index in [4.69, 9.17) is 11.6 Å². The molecule has 90 valence electrons. The first-order valence-electron chi connectivity index (χ1n) is 5.61. The lowest BCUT2D eigenvalue weighted by atomic mass is 10.2. The smallest absolute Gasteiger partial charge is 0.0576 e. The van der Waals surface area contributed by atoms with Gasteiger partial charge in [0.25, 0.3) is 0 Å². The molecule has 2 rings (SSSR count). The molecule has 2 nitrogen and oxygen atoms in total. The van der Waals surface area contributed by atoms with Crippen molar-refractivity contribution in [1.82, 2.24) is 0 Å². The standard InChI is InChI=1S/C15H13ClN2/c16-14-9-4-10-15(12-14)18-17-11-5-8-13-6-2-1-3-7-13/h1-12,18H. The van der Waals surface area contributed by atoms with E-state index in [1.807, 2.05) is 66.7 Å². The topological polar surface area (TPSA) is 24.4 Å². The number of allylic oxidation sites excluding steroid dienone is 1. The van der Waals surface area contributed by atoms with Crippen LogP contribution in [0.15, 0.2) is 65.8 Å². The molecule has 0 radical (unpaired) electrons. The van der Waals surface area contributed by atoms with Gasteiger partial charge >= 0.3 is 0 Å². The fourth-order valence-corrected chi connectivity index (χ4v) is 1.62. The molecule has 0 fully saturated rings. The molecule has 0 atom stereocenters. The maximum atomic E-state index is 5.86. The summed E-state index contributed by atoms with van der Waals surface area (Å²) in [5.74, 6) is 0. The predicted octanol–water partition coefficient (Wildman–Crippen LogP) is 4.45. The van der Waals surface area contributed by atoms with Crippen molar-refractivity contribution in [2.45, 2.75) is 0 Å². The Labute approximate surface area is 112 Å². The number of rotatable bonds is 4. The summed E-state index contributed by atoms with van der Waals surface area (Å²) in [7, 11) is 0. The lowest BCUT2D eigenvalue weighted by Crippen LogP contribution is -1.87. The van der Waals surface area contributed by atoms with Gasteiger partial charge in [-0.1, -0.05) is 54.1 Å². The first-order chi connectivity index (χ1) is 8.84. The highest BCUT2D eigenvalue weighted by molar-refractivity contribution is 6.30. The van der Waals surface area contributed by atoms with Crippen molar-refractivity contribution in [3.8, 4) is 0 Å². The van der Waals surface area contributed by atoms with Crippen LogP contribution in [0.4, 0.5) is 5.69 Å². The van der Waals surface area contributed by atoms with Crippen molar-refractivity contribution in [3.63, 3.8) is 0 Å². The van der Waals surface area contributed by atoms with E-state index in [0.717, 1.165) is 11.3 Å². The summed E-state index contributed by atoms with van der Waals surface area (Å²) in [6, 6.07) is 17.5. The Hall–Kier alpha value is -2.06. The minimum atomic E-state index is 0.690. The van der Waals surface area contributed by atoms with E-state index in [0.29, 0.717) is 5.02 Å². The van der Waals surface area contributed by atoms with E-state index < -0.39 is 0 Å². The monoisotopic (exact) mass is 256 g/mol. The fraction of sp³-hybridized carbons (Fsp3) is 0. The van der Waals surface area contributed by atoms with Crippen molar-refractivity contribution in [2.24, 2.45) is 5.10 Å². The molecule has 0 aliphatic heterocycles. The second-order valence-corrected chi connectivity index (χ2v) is 4.11. The summed E-state index contributed by atoms with van der Waals surface area (Å²) in [4.78, 5) is 0. The molecule has 0 amide bonds. The van der Waals surface area contributed by atoms with Gasteiger partial charge in [0.1, 0.15) is 0 Å². The first kappa shape index (κ1) is 12.4. The third kappa shape index (κ3) is 4.07. The van der Waals surface area contributed by atoms with E-state index in [1.54, 1.807) is 6.21 Å². The molecule has 0 aliphatic rings. The van der Waals surface area contributed by atoms with E-state index in [2.05, 4.69) is 10.5 Å². The van der Waals surface area contributed by atoms with Gasteiger partial charge in [-0.3, -0.25) is 5.43 Å². The van der Waals surface area contributed by atoms with Crippen molar-refractivity contribution in [2.75, 3.05) is 5.43 Å². The zero-order chi connectivity index (χ0) is 12.6. The molecule has 18 heavy (non-hydrogen) atoms. The second kappa shape index (κ2) is 6.62. The number of nitrogens with one attached hydrogen (secondary N) is 1. The van der Waals surface area contributed by atoms with E-state index >= 15 is 0 Å². The minimum absolute atomic E-state index is 0.690. The number of anilines is 1. The SMILES string of the molecule is Clc1cccc(NN=CC=Cc2ccccc2)c1. The summed E-state index contributed by atoms with van der Waals surface area (Å²) in [6.45, 7) is 0. The third-order valence-corrected chi connectivity index (χ3v) is 2.50. The van der Waals surface area contributed by atoms with E-state index in [1.165, 1.54) is 0 Å². The average molecular weight is 257 g/mol. The molecule has 1 N–H and O–H groups in total.